The summed E-state index contributed by atoms with van der Waals surface area (Å²) in [6.45, 7) is 5.96. The summed E-state index contributed by atoms with van der Waals surface area (Å²) in [5.74, 6) is 0. The Morgan fingerprint density at radius 1 is 1.44 bits per heavy atom. The van der Waals surface area contributed by atoms with Gasteiger partial charge in [-0.15, -0.1) is 11.3 Å². The van der Waals surface area contributed by atoms with E-state index in [1.54, 1.807) is 17.5 Å². The highest BCUT2D eigenvalue weighted by Gasteiger charge is 2.22. The van der Waals surface area contributed by atoms with Crippen LogP contribution in [-0.4, -0.2) is 21.3 Å². The van der Waals surface area contributed by atoms with E-state index in [-0.39, 0.29) is 6.04 Å². The maximum atomic E-state index is 6.28. The minimum atomic E-state index is 0.0763. The molecule has 0 aliphatic heterocycles. The lowest BCUT2D eigenvalue weighted by Crippen LogP contribution is -2.25. The Balaban J connectivity index is 2.36. The third-order valence-corrected chi connectivity index (χ3v) is 3.87. The number of nitrogens with one attached hydrogen (secondary N) is 1. The number of halogens is 1. The van der Waals surface area contributed by atoms with Crippen LogP contribution in [0.3, 0.4) is 0 Å². The molecule has 1 N–H and O–H groups in total. The highest BCUT2D eigenvalue weighted by Crippen LogP contribution is 2.30. The number of thiazole rings is 1. The molecule has 0 aliphatic rings. The Bertz CT molecular complexity index is 480. The van der Waals surface area contributed by atoms with Gasteiger partial charge in [0, 0.05) is 17.6 Å². The van der Waals surface area contributed by atoms with Crippen LogP contribution >= 0.6 is 22.9 Å². The molecule has 0 amide bonds. The molecular formula is C12H17ClN4S. The van der Waals surface area contributed by atoms with Gasteiger partial charge in [0.15, 0.2) is 0 Å². The Kier molecular flexibility index (Phi) is 4.74. The highest BCUT2D eigenvalue weighted by molar-refractivity contribution is 7.09. The summed E-state index contributed by atoms with van der Waals surface area (Å²) in [6.07, 6.45) is 4.68. The van der Waals surface area contributed by atoms with Crippen molar-refractivity contribution < 1.29 is 0 Å². The molecule has 1 unspecified atom stereocenters. The van der Waals surface area contributed by atoms with Crippen LogP contribution in [0.4, 0.5) is 0 Å². The van der Waals surface area contributed by atoms with Gasteiger partial charge in [0.2, 0.25) is 0 Å². The van der Waals surface area contributed by atoms with Gasteiger partial charge in [-0.3, -0.25) is 9.67 Å². The molecule has 18 heavy (non-hydrogen) atoms. The van der Waals surface area contributed by atoms with Crippen molar-refractivity contribution in [1.29, 1.82) is 0 Å². The smallest absolute Gasteiger partial charge is 0.0873 e. The van der Waals surface area contributed by atoms with Crippen LogP contribution in [0.1, 0.15) is 36.9 Å². The van der Waals surface area contributed by atoms with Crippen molar-refractivity contribution in [1.82, 2.24) is 20.1 Å². The van der Waals surface area contributed by atoms with E-state index in [1.807, 2.05) is 16.4 Å². The molecule has 98 valence electrons. The lowest BCUT2D eigenvalue weighted by Gasteiger charge is -2.18. The molecule has 0 bridgehead atoms. The molecule has 0 aliphatic carbocycles. The first-order valence-electron chi connectivity index (χ1n) is 6.10. The quantitative estimate of drug-likeness (QED) is 0.886. The first-order chi connectivity index (χ1) is 8.77. The van der Waals surface area contributed by atoms with Crippen molar-refractivity contribution in [3.05, 3.63) is 33.5 Å². The van der Waals surface area contributed by atoms with E-state index in [0.717, 1.165) is 25.2 Å². The first-order valence-corrected chi connectivity index (χ1v) is 7.36. The maximum Gasteiger partial charge on any atom is 0.0873 e. The summed E-state index contributed by atoms with van der Waals surface area (Å²) < 4.78 is 1.94. The topological polar surface area (TPSA) is 42.7 Å². The second-order valence-corrected chi connectivity index (χ2v) is 5.31. The van der Waals surface area contributed by atoms with Crippen molar-refractivity contribution in [3.63, 3.8) is 0 Å². The second kappa shape index (κ2) is 6.31. The van der Waals surface area contributed by atoms with Crippen molar-refractivity contribution in [3.8, 4) is 0 Å². The van der Waals surface area contributed by atoms with Crippen molar-refractivity contribution in [2.24, 2.45) is 0 Å². The predicted molar refractivity (Wildman–Crippen MR) is 75.2 cm³/mol. The SMILES string of the molecule is CCCNC(c1cncs1)c1c(Cl)cnn1CC. The van der Waals surface area contributed by atoms with E-state index in [1.165, 1.54) is 4.88 Å². The van der Waals surface area contributed by atoms with Gasteiger partial charge in [0.1, 0.15) is 0 Å². The Hall–Kier alpha value is -0.910. The van der Waals surface area contributed by atoms with Crippen LogP contribution in [0.5, 0.6) is 0 Å². The van der Waals surface area contributed by atoms with Crippen LogP contribution in [0.25, 0.3) is 0 Å². The van der Waals surface area contributed by atoms with Crippen LogP contribution < -0.4 is 5.32 Å². The molecule has 0 saturated heterocycles. The van der Waals surface area contributed by atoms with Crippen molar-refractivity contribution >= 4 is 22.9 Å². The molecule has 0 saturated carbocycles. The Labute approximate surface area is 116 Å². The lowest BCUT2D eigenvalue weighted by molar-refractivity contribution is 0.534. The summed E-state index contributed by atoms with van der Waals surface area (Å²) in [5.41, 5.74) is 2.87. The molecule has 2 rings (SSSR count). The normalized spacial score (nSPS) is 12.8. The van der Waals surface area contributed by atoms with E-state index in [4.69, 9.17) is 11.6 Å². The van der Waals surface area contributed by atoms with Gasteiger partial charge in [-0.25, -0.2) is 0 Å². The standard InChI is InChI=1S/C12H17ClN4S/c1-3-5-15-11(10-7-14-8-18-10)12-9(13)6-16-17(12)4-2/h6-8,11,15H,3-5H2,1-2H3. The van der Waals surface area contributed by atoms with Gasteiger partial charge in [-0.2, -0.15) is 5.10 Å². The molecule has 1 atom stereocenters. The molecule has 2 aromatic rings. The average Bonchev–Trinajstić information content (AvgIpc) is 3.01. The Morgan fingerprint density at radius 2 is 2.28 bits per heavy atom. The van der Waals surface area contributed by atoms with E-state index in [0.29, 0.717) is 5.02 Å². The fourth-order valence-electron chi connectivity index (χ4n) is 1.90. The van der Waals surface area contributed by atoms with E-state index >= 15 is 0 Å². The van der Waals surface area contributed by atoms with Gasteiger partial charge in [-0.1, -0.05) is 18.5 Å². The first kappa shape index (κ1) is 13.5. The summed E-state index contributed by atoms with van der Waals surface area (Å²) in [7, 11) is 0. The predicted octanol–water partition coefficient (Wildman–Crippen LogP) is 3.10. The zero-order valence-electron chi connectivity index (χ0n) is 10.6. The van der Waals surface area contributed by atoms with E-state index < -0.39 is 0 Å². The minimum absolute atomic E-state index is 0.0763. The lowest BCUT2D eigenvalue weighted by atomic mass is 10.1. The molecule has 6 heteroatoms. The largest absolute Gasteiger partial charge is 0.304 e. The second-order valence-electron chi connectivity index (χ2n) is 3.98. The molecule has 0 spiro atoms. The van der Waals surface area contributed by atoms with Gasteiger partial charge in [0.25, 0.3) is 0 Å². The molecule has 4 nitrogen and oxygen atoms in total. The molecule has 0 radical (unpaired) electrons. The number of hydrogen-bond acceptors (Lipinski definition) is 4. The average molecular weight is 285 g/mol. The van der Waals surface area contributed by atoms with Gasteiger partial charge >= 0.3 is 0 Å². The van der Waals surface area contributed by atoms with Gasteiger partial charge in [0.05, 0.1) is 28.5 Å². The number of hydrogen-bond donors (Lipinski definition) is 1. The third-order valence-electron chi connectivity index (χ3n) is 2.74. The fraction of sp³-hybridized carbons (Fsp3) is 0.500. The van der Waals surface area contributed by atoms with E-state index in [2.05, 4.69) is 29.2 Å². The van der Waals surface area contributed by atoms with Crippen LogP contribution in [0.15, 0.2) is 17.9 Å². The maximum absolute atomic E-state index is 6.28. The third kappa shape index (κ3) is 2.74. The molecule has 0 aromatic carbocycles. The summed E-state index contributed by atoms with van der Waals surface area (Å²) in [6, 6.07) is 0.0763. The van der Waals surface area contributed by atoms with Crippen molar-refractivity contribution in [2.45, 2.75) is 32.9 Å². The number of rotatable bonds is 6. The monoisotopic (exact) mass is 284 g/mol. The number of nitrogens with zero attached hydrogens (tertiary/aromatic N) is 3. The number of aryl methyl sites for hydroxylation is 1. The fourth-order valence-corrected chi connectivity index (χ4v) is 2.85. The molecule has 2 heterocycles. The van der Waals surface area contributed by atoms with Crippen LogP contribution in [-0.2, 0) is 6.54 Å². The van der Waals surface area contributed by atoms with Crippen molar-refractivity contribution in [2.75, 3.05) is 6.54 Å². The highest BCUT2D eigenvalue weighted by atomic mass is 35.5. The molecule has 0 fully saturated rings. The van der Waals surface area contributed by atoms with Gasteiger partial charge < -0.3 is 5.32 Å². The summed E-state index contributed by atoms with van der Waals surface area (Å²) >= 11 is 7.91. The molecular weight excluding hydrogens is 268 g/mol. The van der Waals surface area contributed by atoms with Crippen LogP contribution in [0, 0.1) is 0 Å². The van der Waals surface area contributed by atoms with Crippen LogP contribution in [0.2, 0.25) is 5.02 Å². The summed E-state index contributed by atoms with van der Waals surface area (Å²) in [5, 5.41) is 8.52. The molecule has 2 aromatic heterocycles. The zero-order valence-corrected chi connectivity index (χ0v) is 12.1. The summed E-state index contributed by atoms with van der Waals surface area (Å²) in [4.78, 5) is 5.32. The minimum Gasteiger partial charge on any atom is -0.304 e. The van der Waals surface area contributed by atoms with Gasteiger partial charge in [-0.05, 0) is 19.9 Å². The Morgan fingerprint density at radius 3 is 2.89 bits per heavy atom. The number of aromatic nitrogens is 3. The zero-order chi connectivity index (χ0) is 13.0. The van der Waals surface area contributed by atoms with E-state index in [9.17, 15) is 0 Å².